The number of nitrogens with two attached hydrogens (primary N) is 1. The molecule has 0 amide bonds. The quantitative estimate of drug-likeness (QED) is 0.477. The second kappa shape index (κ2) is 8.44. The molecular weight excluding hydrogens is 368 g/mol. The molecule has 3 nitrogen and oxygen atoms in total. The van der Waals surface area contributed by atoms with E-state index in [2.05, 4.69) is 9.89 Å². The lowest BCUT2D eigenvalue weighted by atomic mass is 10.1. The molecule has 1 aliphatic heterocycles. The minimum atomic E-state index is -0.173. The third-order valence-electron chi connectivity index (χ3n) is 3.58. The molecule has 0 spiro atoms. The number of guanidine groups is 1. The summed E-state index contributed by atoms with van der Waals surface area (Å²) < 4.78 is 13.2. The highest BCUT2D eigenvalue weighted by Gasteiger charge is 2.10. The topological polar surface area (TPSA) is 41.6 Å². The number of hydrogen-bond acceptors (Lipinski definition) is 1. The Morgan fingerprint density at radius 3 is 2.50 bits per heavy atom. The molecule has 1 heterocycles. The van der Waals surface area contributed by atoms with Gasteiger partial charge in [0.25, 0.3) is 0 Å². The van der Waals surface area contributed by atoms with Gasteiger partial charge >= 0.3 is 0 Å². The normalized spacial score (nSPS) is 16.5. The zero-order valence-electron chi connectivity index (χ0n) is 11.9. The van der Waals surface area contributed by atoms with Crippen LogP contribution in [0, 0.1) is 12.7 Å². The lowest BCUT2D eigenvalue weighted by molar-refractivity contribution is 0.428. The van der Waals surface area contributed by atoms with Crippen molar-refractivity contribution in [1.82, 2.24) is 4.90 Å². The van der Waals surface area contributed by atoms with E-state index in [-0.39, 0.29) is 29.8 Å². The first-order valence-electron chi connectivity index (χ1n) is 6.97. The van der Waals surface area contributed by atoms with Crippen molar-refractivity contribution in [2.45, 2.75) is 39.2 Å². The van der Waals surface area contributed by atoms with Crippen molar-refractivity contribution < 1.29 is 4.39 Å². The fourth-order valence-electron chi connectivity index (χ4n) is 2.38. The Hall–Kier alpha value is -0.850. The van der Waals surface area contributed by atoms with E-state index >= 15 is 0 Å². The molecule has 1 saturated heterocycles. The maximum absolute atomic E-state index is 13.2. The zero-order valence-corrected chi connectivity index (χ0v) is 14.3. The Bertz CT molecular complexity index is 454. The van der Waals surface area contributed by atoms with Crippen LogP contribution in [-0.4, -0.2) is 23.9 Å². The minimum absolute atomic E-state index is 0. The van der Waals surface area contributed by atoms with Gasteiger partial charge in [-0.15, -0.1) is 24.0 Å². The second-order valence-corrected chi connectivity index (χ2v) is 5.16. The minimum Gasteiger partial charge on any atom is -0.370 e. The van der Waals surface area contributed by atoms with Crippen molar-refractivity contribution in [3.05, 3.63) is 35.1 Å². The molecule has 0 saturated carbocycles. The Kier molecular flexibility index (Phi) is 7.26. The van der Waals surface area contributed by atoms with Gasteiger partial charge in [-0.05, 0) is 37.0 Å². The lowest BCUT2D eigenvalue weighted by Gasteiger charge is -2.21. The summed E-state index contributed by atoms with van der Waals surface area (Å²) in [5, 5.41) is 0. The summed E-state index contributed by atoms with van der Waals surface area (Å²) in [5.41, 5.74) is 7.69. The summed E-state index contributed by atoms with van der Waals surface area (Å²) in [7, 11) is 0. The molecule has 112 valence electrons. The van der Waals surface area contributed by atoms with Crippen LogP contribution in [-0.2, 0) is 6.54 Å². The molecule has 2 N–H and O–H groups in total. The van der Waals surface area contributed by atoms with Crippen molar-refractivity contribution in [2.24, 2.45) is 10.7 Å². The van der Waals surface area contributed by atoms with Crippen LogP contribution in [0.1, 0.15) is 36.8 Å². The van der Waals surface area contributed by atoms with Crippen LogP contribution in [0.25, 0.3) is 0 Å². The molecular formula is C15H23FIN3. The van der Waals surface area contributed by atoms with Crippen molar-refractivity contribution >= 4 is 29.9 Å². The molecule has 0 bridgehead atoms. The maximum atomic E-state index is 13.2. The van der Waals surface area contributed by atoms with Gasteiger partial charge in [-0.1, -0.05) is 25.0 Å². The van der Waals surface area contributed by atoms with Crippen LogP contribution < -0.4 is 5.73 Å². The molecule has 5 heteroatoms. The summed E-state index contributed by atoms with van der Waals surface area (Å²) in [6, 6.07) is 5.08. The molecule has 0 unspecified atom stereocenters. The average molecular weight is 391 g/mol. The summed E-state index contributed by atoms with van der Waals surface area (Å²) in [4.78, 5) is 6.58. The smallest absolute Gasteiger partial charge is 0.191 e. The Balaban J connectivity index is 0.00000200. The van der Waals surface area contributed by atoms with Gasteiger partial charge in [0.2, 0.25) is 0 Å². The van der Waals surface area contributed by atoms with Crippen LogP contribution in [0.2, 0.25) is 0 Å². The van der Waals surface area contributed by atoms with E-state index in [0.29, 0.717) is 18.1 Å². The van der Waals surface area contributed by atoms with Gasteiger partial charge in [-0.25, -0.2) is 9.38 Å². The summed E-state index contributed by atoms with van der Waals surface area (Å²) in [6.07, 6.45) is 4.93. The molecule has 1 aromatic carbocycles. The van der Waals surface area contributed by atoms with E-state index in [1.54, 1.807) is 13.0 Å². The molecule has 0 aromatic heterocycles. The van der Waals surface area contributed by atoms with Gasteiger partial charge in [-0.2, -0.15) is 0 Å². The first-order valence-corrected chi connectivity index (χ1v) is 6.97. The molecule has 1 aromatic rings. The molecule has 0 aliphatic carbocycles. The zero-order chi connectivity index (χ0) is 13.7. The highest BCUT2D eigenvalue weighted by molar-refractivity contribution is 14.0. The van der Waals surface area contributed by atoms with E-state index in [1.165, 1.54) is 31.7 Å². The van der Waals surface area contributed by atoms with Crippen LogP contribution >= 0.6 is 24.0 Å². The molecule has 1 fully saturated rings. The monoisotopic (exact) mass is 391 g/mol. The third kappa shape index (κ3) is 4.92. The van der Waals surface area contributed by atoms with E-state index in [1.807, 2.05) is 6.07 Å². The molecule has 20 heavy (non-hydrogen) atoms. The third-order valence-corrected chi connectivity index (χ3v) is 3.58. The van der Waals surface area contributed by atoms with Gasteiger partial charge in [0.15, 0.2) is 5.96 Å². The maximum Gasteiger partial charge on any atom is 0.191 e. The number of rotatable bonds is 2. The van der Waals surface area contributed by atoms with Gasteiger partial charge in [0, 0.05) is 13.1 Å². The SMILES string of the molecule is Cc1cc(CN=C(N)N2CCCCCC2)ccc1F.I. The van der Waals surface area contributed by atoms with Crippen molar-refractivity contribution in [3.63, 3.8) is 0 Å². The first-order chi connectivity index (χ1) is 9.16. The Morgan fingerprint density at radius 1 is 1.25 bits per heavy atom. The number of nitrogens with zero attached hydrogens (tertiary/aromatic N) is 2. The number of likely N-dealkylation sites (tertiary alicyclic amines) is 1. The molecule has 0 atom stereocenters. The van der Waals surface area contributed by atoms with E-state index in [0.717, 1.165) is 18.7 Å². The van der Waals surface area contributed by atoms with E-state index < -0.39 is 0 Å². The van der Waals surface area contributed by atoms with Crippen molar-refractivity contribution in [3.8, 4) is 0 Å². The fourth-order valence-corrected chi connectivity index (χ4v) is 2.38. The van der Waals surface area contributed by atoms with E-state index in [9.17, 15) is 4.39 Å². The summed E-state index contributed by atoms with van der Waals surface area (Å²) in [5.74, 6) is 0.442. The number of halogens is 2. The van der Waals surface area contributed by atoms with Crippen LogP contribution in [0.5, 0.6) is 0 Å². The largest absolute Gasteiger partial charge is 0.370 e. The predicted octanol–water partition coefficient (Wildman–Crippen LogP) is 3.44. The van der Waals surface area contributed by atoms with Crippen molar-refractivity contribution in [1.29, 1.82) is 0 Å². The highest BCUT2D eigenvalue weighted by Crippen LogP contribution is 2.12. The lowest BCUT2D eigenvalue weighted by Crippen LogP contribution is -2.38. The molecule has 2 rings (SSSR count). The Morgan fingerprint density at radius 2 is 1.90 bits per heavy atom. The summed E-state index contributed by atoms with van der Waals surface area (Å²) in [6.45, 7) is 4.28. The standard InChI is InChI=1S/C15H22FN3.HI/c1-12-10-13(6-7-14(12)16)11-18-15(17)19-8-4-2-3-5-9-19;/h6-7,10H,2-5,8-9,11H2,1H3,(H2,17,18);1H. The first kappa shape index (κ1) is 17.2. The van der Waals surface area contributed by atoms with Gasteiger partial charge in [-0.3, -0.25) is 0 Å². The summed E-state index contributed by atoms with van der Waals surface area (Å²) >= 11 is 0. The Labute approximate surface area is 137 Å². The van der Waals surface area contributed by atoms with Gasteiger partial charge in [0.05, 0.1) is 6.54 Å². The number of aliphatic imine (C=N–C) groups is 1. The molecule has 0 radical (unpaired) electrons. The van der Waals surface area contributed by atoms with Crippen LogP contribution in [0.15, 0.2) is 23.2 Å². The van der Waals surface area contributed by atoms with Gasteiger partial charge < -0.3 is 10.6 Å². The number of aryl methyl sites for hydroxylation is 1. The fraction of sp³-hybridized carbons (Fsp3) is 0.533. The predicted molar refractivity (Wildman–Crippen MR) is 91.9 cm³/mol. The average Bonchev–Trinajstić information content (AvgIpc) is 2.69. The molecule has 1 aliphatic rings. The number of benzene rings is 1. The van der Waals surface area contributed by atoms with Crippen LogP contribution in [0.4, 0.5) is 4.39 Å². The highest BCUT2D eigenvalue weighted by atomic mass is 127. The van der Waals surface area contributed by atoms with Crippen LogP contribution in [0.3, 0.4) is 0 Å². The van der Waals surface area contributed by atoms with E-state index in [4.69, 9.17) is 5.73 Å². The van der Waals surface area contributed by atoms with Crippen molar-refractivity contribution in [2.75, 3.05) is 13.1 Å². The van der Waals surface area contributed by atoms with Gasteiger partial charge in [0.1, 0.15) is 5.82 Å². The second-order valence-electron chi connectivity index (χ2n) is 5.16. The number of hydrogen-bond donors (Lipinski definition) is 1.